The van der Waals surface area contributed by atoms with E-state index >= 15 is 0 Å². The van der Waals surface area contributed by atoms with E-state index in [-0.39, 0.29) is 11.5 Å². The molecule has 1 aliphatic rings. The van der Waals surface area contributed by atoms with Gasteiger partial charge in [-0.1, -0.05) is 0 Å². The summed E-state index contributed by atoms with van der Waals surface area (Å²) < 4.78 is 13.3. The average Bonchev–Trinajstić information content (AvgIpc) is 2.68. The van der Waals surface area contributed by atoms with Crippen molar-refractivity contribution in [2.24, 2.45) is 5.73 Å². The molecule has 0 bridgehead atoms. The maximum atomic E-state index is 13.3. The lowest BCUT2D eigenvalue weighted by molar-refractivity contribution is 0.0996. The van der Waals surface area contributed by atoms with Gasteiger partial charge >= 0.3 is 0 Å². The van der Waals surface area contributed by atoms with Crippen molar-refractivity contribution in [1.82, 2.24) is 15.0 Å². The van der Waals surface area contributed by atoms with E-state index < -0.39 is 5.91 Å². The molecule has 26 heavy (non-hydrogen) atoms. The van der Waals surface area contributed by atoms with E-state index in [1.165, 1.54) is 24.6 Å². The van der Waals surface area contributed by atoms with E-state index in [1.807, 2.05) is 0 Å². The summed E-state index contributed by atoms with van der Waals surface area (Å²) in [5, 5.41) is 0. The zero-order valence-corrected chi connectivity index (χ0v) is 14.2. The van der Waals surface area contributed by atoms with E-state index in [0.717, 1.165) is 31.5 Å². The minimum atomic E-state index is -0.601. The molecule has 4 rings (SSSR count). The second kappa shape index (κ2) is 6.67. The van der Waals surface area contributed by atoms with Crippen LogP contribution in [0.5, 0.6) is 0 Å². The normalized spacial score (nSPS) is 14.6. The Morgan fingerprint density at radius 3 is 2.38 bits per heavy atom. The van der Waals surface area contributed by atoms with Gasteiger partial charge < -0.3 is 10.6 Å². The first-order valence-electron chi connectivity index (χ1n) is 8.61. The molecule has 2 aromatic heterocycles. The highest BCUT2D eigenvalue weighted by Crippen LogP contribution is 2.31. The predicted molar refractivity (Wildman–Crippen MR) is 97.3 cm³/mol. The Hall–Kier alpha value is -3.09. The third-order valence-corrected chi connectivity index (χ3v) is 4.54. The number of amides is 1. The van der Waals surface area contributed by atoms with Crippen LogP contribution in [0.2, 0.25) is 0 Å². The van der Waals surface area contributed by atoms with E-state index in [1.54, 1.807) is 18.2 Å². The smallest absolute Gasteiger partial charge is 0.267 e. The molecule has 0 aliphatic carbocycles. The molecule has 1 aliphatic heterocycles. The molecular weight excluding hydrogens is 333 g/mol. The average molecular weight is 351 g/mol. The third-order valence-electron chi connectivity index (χ3n) is 4.54. The Balaban J connectivity index is 1.90. The van der Waals surface area contributed by atoms with Gasteiger partial charge in [0.05, 0.1) is 0 Å². The first-order valence-corrected chi connectivity index (χ1v) is 8.61. The molecule has 0 radical (unpaired) electrons. The van der Waals surface area contributed by atoms with E-state index in [9.17, 15) is 9.18 Å². The molecular formula is C19H18FN5O. The van der Waals surface area contributed by atoms with Gasteiger partial charge in [-0.2, -0.15) is 0 Å². The number of aromatic nitrogens is 3. The van der Waals surface area contributed by atoms with Crippen LogP contribution in [0.1, 0.15) is 29.8 Å². The van der Waals surface area contributed by atoms with Gasteiger partial charge in [0.15, 0.2) is 11.5 Å². The van der Waals surface area contributed by atoms with Crippen molar-refractivity contribution in [1.29, 1.82) is 0 Å². The largest absolute Gasteiger partial charge is 0.364 e. The number of carbonyl (C=O) groups excluding carboxylic acids is 1. The van der Waals surface area contributed by atoms with Gasteiger partial charge in [0.1, 0.15) is 22.7 Å². The molecule has 0 saturated carbocycles. The van der Waals surface area contributed by atoms with Gasteiger partial charge in [0.25, 0.3) is 5.91 Å². The minimum Gasteiger partial charge on any atom is -0.364 e. The number of pyridine rings is 1. The summed E-state index contributed by atoms with van der Waals surface area (Å²) >= 11 is 0. The Labute approximate surface area is 149 Å². The fraction of sp³-hybridized carbons (Fsp3) is 0.263. The molecule has 2 N–H and O–H groups in total. The lowest BCUT2D eigenvalue weighted by Crippen LogP contribution is -2.31. The number of benzene rings is 1. The van der Waals surface area contributed by atoms with Crippen molar-refractivity contribution in [2.75, 3.05) is 18.0 Å². The second-order valence-corrected chi connectivity index (χ2v) is 6.35. The first-order chi connectivity index (χ1) is 12.6. The number of piperidine rings is 1. The van der Waals surface area contributed by atoms with Crippen molar-refractivity contribution < 1.29 is 9.18 Å². The standard InChI is InChI=1S/C19H18FN5O/c20-13-6-4-12(5-7-13)16-19(25-10-2-1-3-11-25)24-18-15(22-16)9-8-14(23-18)17(21)26/h4-9H,1-3,10-11H2,(H2,21,26). The summed E-state index contributed by atoms with van der Waals surface area (Å²) in [5.41, 5.74) is 7.91. The van der Waals surface area contributed by atoms with Crippen LogP contribution in [0.15, 0.2) is 36.4 Å². The van der Waals surface area contributed by atoms with E-state index in [4.69, 9.17) is 15.7 Å². The molecule has 0 atom stereocenters. The fourth-order valence-electron chi connectivity index (χ4n) is 3.20. The summed E-state index contributed by atoms with van der Waals surface area (Å²) in [4.78, 5) is 27.2. The number of hydrogen-bond acceptors (Lipinski definition) is 5. The highest BCUT2D eigenvalue weighted by atomic mass is 19.1. The number of nitrogens with two attached hydrogens (primary N) is 1. The summed E-state index contributed by atoms with van der Waals surface area (Å²) in [6.07, 6.45) is 3.35. The van der Waals surface area contributed by atoms with Gasteiger partial charge in [0.2, 0.25) is 0 Å². The molecule has 3 aromatic rings. The number of halogens is 1. The zero-order valence-electron chi connectivity index (χ0n) is 14.2. The molecule has 1 saturated heterocycles. The van der Waals surface area contributed by atoms with Crippen molar-refractivity contribution >= 4 is 22.9 Å². The van der Waals surface area contributed by atoms with Gasteiger partial charge in [-0.05, 0) is 55.7 Å². The Morgan fingerprint density at radius 1 is 0.962 bits per heavy atom. The SMILES string of the molecule is NC(=O)c1ccc2nc(-c3ccc(F)cc3)c(N3CCCCC3)nc2n1. The second-order valence-electron chi connectivity index (χ2n) is 6.35. The number of primary amides is 1. The molecule has 1 aromatic carbocycles. The number of rotatable bonds is 3. The van der Waals surface area contributed by atoms with Crippen molar-refractivity contribution in [3.8, 4) is 11.3 Å². The maximum absolute atomic E-state index is 13.3. The quantitative estimate of drug-likeness (QED) is 0.784. The maximum Gasteiger partial charge on any atom is 0.267 e. The monoisotopic (exact) mass is 351 g/mol. The van der Waals surface area contributed by atoms with Crippen LogP contribution in [0.25, 0.3) is 22.4 Å². The Kier molecular flexibility index (Phi) is 4.20. The van der Waals surface area contributed by atoms with Crippen LogP contribution < -0.4 is 10.6 Å². The van der Waals surface area contributed by atoms with Gasteiger partial charge in [-0.25, -0.2) is 19.3 Å². The van der Waals surface area contributed by atoms with Crippen LogP contribution in [0.4, 0.5) is 10.2 Å². The molecule has 0 spiro atoms. The fourth-order valence-corrected chi connectivity index (χ4v) is 3.20. The van der Waals surface area contributed by atoms with Gasteiger partial charge in [-0.15, -0.1) is 0 Å². The summed E-state index contributed by atoms with van der Waals surface area (Å²) in [6, 6.07) is 9.44. The number of hydrogen-bond donors (Lipinski definition) is 1. The predicted octanol–water partition coefficient (Wildman–Crippen LogP) is 2.92. The zero-order chi connectivity index (χ0) is 18.1. The number of nitrogens with zero attached hydrogens (tertiary/aromatic N) is 4. The molecule has 6 nitrogen and oxygen atoms in total. The first kappa shape index (κ1) is 16.4. The van der Waals surface area contributed by atoms with E-state index in [2.05, 4.69) is 9.88 Å². The molecule has 1 amide bonds. The third kappa shape index (κ3) is 3.08. The van der Waals surface area contributed by atoms with Crippen LogP contribution in [-0.4, -0.2) is 33.9 Å². The van der Waals surface area contributed by atoms with Crippen LogP contribution in [-0.2, 0) is 0 Å². The van der Waals surface area contributed by atoms with E-state index in [0.29, 0.717) is 22.7 Å². The molecule has 132 valence electrons. The van der Waals surface area contributed by atoms with Crippen LogP contribution in [0.3, 0.4) is 0 Å². The highest BCUT2D eigenvalue weighted by molar-refractivity contribution is 5.93. The summed E-state index contributed by atoms with van der Waals surface area (Å²) in [6.45, 7) is 1.76. The number of carbonyl (C=O) groups is 1. The van der Waals surface area contributed by atoms with Gasteiger partial charge in [0, 0.05) is 18.7 Å². The topological polar surface area (TPSA) is 85.0 Å². The lowest BCUT2D eigenvalue weighted by atomic mass is 10.1. The van der Waals surface area contributed by atoms with Gasteiger partial charge in [-0.3, -0.25) is 4.79 Å². The molecule has 3 heterocycles. The number of fused-ring (bicyclic) bond motifs is 1. The van der Waals surface area contributed by atoms with Crippen molar-refractivity contribution in [3.63, 3.8) is 0 Å². The highest BCUT2D eigenvalue weighted by Gasteiger charge is 2.20. The summed E-state index contributed by atoms with van der Waals surface area (Å²) in [5.74, 6) is -0.191. The minimum absolute atomic E-state index is 0.158. The van der Waals surface area contributed by atoms with Crippen LogP contribution in [0, 0.1) is 5.82 Å². The van der Waals surface area contributed by atoms with Crippen LogP contribution >= 0.6 is 0 Å². The Morgan fingerprint density at radius 2 is 1.69 bits per heavy atom. The lowest BCUT2D eigenvalue weighted by Gasteiger charge is -2.29. The summed E-state index contributed by atoms with van der Waals surface area (Å²) in [7, 11) is 0. The molecule has 1 fully saturated rings. The van der Waals surface area contributed by atoms with Crippen molar-refractivity contribution in [3.05, 3.63) is 47.9 Å². The molecule has 7 heteroatoms. The number of anilines is 1. The Bertz CT molecular complexity index is 968. The van der Waals surface area contributed by atoms with Crippen molar-refractivity contribution in [2.45, 2.75) is 19.3 Å². The molecule has 0 unspecified atom stereocenters.